The zero-order chi connectivity index (χ0) is 18.3. The quantitative estimate of drug-likeness (QED) is 0.573. The van der Waals surface area contributed by atoms with E-state index in [1.807, 2.05) is 6.92 Å². The molecular formula is C15H24N2O6S. The first-order valence-electron chi connectivity index (χ1n) is 7.35. The van der Waals surface area contributed by atoms with Gasteiger partial charge in [0.15, 0.2) is 0 Å². The summed E-state index contributed by atoms with van der Waals surface area (Å²) in [6.07, 6.45) is 0. The molecular weight excluding hydrogens is 336 g/mol. The van der Waals surface area contributed by atoms with Crippen molar-refractivity contribution in [1.82, 2.24) is 4.72 Å². The summed E-state index contributed by atoms with van der Waals surface area (Å²) < 4.78 is 37.7. The number of rotatable bonds is 10. The molecule has 24 heavy (non-hydrogen) atoms. The Morgan fingerprint density at radius 2 is 1.75 bits per heavy atom. The molecule has 1 aromatic rings. The number of sulfonamides is 1. The van der Waals surface area contributed by atoms with E-state index in [1.54, 1.807) is 6.92 Å². The lowest BCUT2D eigenvalue weighted by atomic mass is 10.2. The van der Waals surface area contributed by atoms with Gasteiger partial charge in [-0.3, -0.25) is 0 Å². The van der Waals surface area contributed by atoms with E-state index in [2.05, 4.69) is 10.0 Å². The normalized spacial score (nSPS) is 14.2. The highest BCUT2D eigenvalue weighted by Gasteiger charge is 2.23. The second kappa shape index (κ2) is 8.97. The summed E-state index contributed by atoms with van der Waals surface area (Å²) in [6.45, 7) is 4.04. The predicted octanol–water partition coefficient (Wildman–Crippen LogP) is 1.14. The Morgan fingerprint density at radius 1 is 1.17 bits per heavy atom. The molecule has 0 aliphatic carbocycles. The first kappa shape index (κ1) is 20.4. The van der Waals surface area contributed by atoms with Crippen molar-refractivity contribution in [3.8, 4) is 0 Å². The van der Waals surface area contributed by atoms with Crippen molar-refractivity contribution < 1.29 is 27.8 Å². The van der Waals surface area contributed by atoms with Crippen LogP contribution in [0, 0.1) is 0 Å². The zero-order valence-electron chi connectivity index (χ0n) is 14.2. The van der Waals surface area contributed by atoms with Crippen molar-refractivity contribution in [2.75, 3.05) is 32.8 Å². The summed E-state index contributed by atoms with van der Waals surface area (Å²) in [5.41, 5.74) is 0.196. The van der Waals surface area contributed by atoms with Crippen LogP contribution in [-0.2, 0) is 19.5 Å². The summed E-state index contributed by atoms with van der Waals surface area (Å²) in [5.74, 6) is -1.20. The number of ether oxygens (including phenoxy) is 2. The number of hydrogen-bond donors (Lipinski definition) is 3. The minimum Gasteiger partial charge on any atom is -0.478 e. The minimum absolute atomic E-state index is 0.111. The molecule has 0 saturated carbocycles. The van der Waals surface area contributed by atoms with Gasteiger partial charge in [-0.15, -0.1) is 0 Å². The summed E-state index contributed by atoms with van der Waals surface area (Å²) in [7, 11) is -0.919. The molecule has 0 saturated heterocycles. The van der Waals surface area contributed by atoms with Crippen LogP contribution in [0.15, 0.2) is 23.1 Å². The van der Waals surface area contributed by atoms with E-state index in [-0.39, 0.29) is 23.1 Å². The molecule has 0 aliphatic heterocycles. The summed E-state index contributed by atoms with van der Waals surface area (Å²) in [6, 6.07) is 3.30. The van der Waals surface area contributed by atoms with Crippen molar-refractivity contribution in [1.29, 1.82) is 0 Å². The number of nitrogens with one attached hydrogen (secondary N) is 2. The van der Waals surface area contributed by atoms with Crippen LogP contribution >= 0.6 is 0 Å². The molecule has 2 atom stereocenters. The third-order valence-corrected chi connectivity index (χ3v) is 4.74. The van der Waals surface area contributed by atoms with Crippen LogP contribution in [0.5, 0.6) is 0 Å². The Morgan fingerprint density at radius 3 is 2.29 bits per heavy atom. The molecule has 0 bridgehead atoms. The molecule has 3 N–H and O–H groups in total. The first-order valence-corrected chi connectivity index (χ1v) is 8.83. The van der Waals surface area contributed by atoms with Crippen molar-refractivity contribution in [2.45, 2.75) is 30.8 Å². The lowest BCUT2D eigenvalue weighted by Gasteiger charge is -2.20. The molecule has 0 amide bonds. The lowest BCUT2D eigenvalue weighted by molar-refractivity contribution is 0.0696. The molecule has 0 fully saturated rings. The number of carbonyl (C=O) groups is 1. The first-order chi connectivity index (χ1) is 11.2. The molecule has 0 aliphatic rings. The molecule has 9 heteroatoms. The van der Waals surface area contributed by atoms with Gasteiger partial charge in [-0.05, 0) is 32.0 Å². The fraction of sp³-hybridized carbons (Fsp3) is 0.533. The Bertz CT molecular complexity index is 662. The third-order valence-electron chi connectivity index (χ3n) is 3.11. The van der Waals surface area contributed by atoms with E-state index >= 15 is 0 Å². The van der Waals surface area contributed by atoms with Gasteiger partial charge in [-0.2, -0.15) is 0 Å². The van der Waals surface area contributed by atoms with E-state index in [0.717, 1.165) is 6.07 Å². The van der Waals surface area contributed by atoms with Crippen molar-refractivity contribution >= 4 is 21.7 Å². The van der Waals surface area contributed by atoms with E-state index < -0.39 is 22.0 Å². The highest BCUT2D eigenvalue weighted by molar-refractivity contribution is 7.89. The topological polar surface area (TPSA) is 114 Å². The zero-order valence-corrected chi connectivity index (χ0v) is 15.0. The van der Waals surface area contributed by atoms with Gasteiger partial charge >= 0.3 is 5.97 Å². The lowest BCUT2D eigenvalue weighted by Crippen LogP contribution is -2.36. The van der Waals surface area contributed by atoms with Crippen molar-refractivity contribution in [2.24, 2.45) is 0 Å². The Balaban J connectivity index is 3.24. The Labute approximate surface area is 142 Å². The van der Waals surface area contributed by atoms with Crippen LogP contribution in [0.2, 0.25) is 0 Å². The monoisotopic (exact) mass is 360 g/mol. The maximum absolute atomic E-state index is 12.6. The van der Waals surface area contributed by atoms with E-state index in [0.29, 0.717) is 12.3 Å². The van der Waals surface area contributed by atoms with Crippen LogP contribution < -0.4 is 10.0 Å². The minimum atomic E-state index is -3.93. The van der Waals surface area contributed by atoms with Crippen molar-refractivity contribution in [3.05, 3.63) is 23.8 Å². The molecule has 1 rings (SSSR count). The molecule has 8 nitrogen and oxygen atoms in total. The number of hydrogen-bond acceptors (Lipinski definition) is 6. The van der Waals surface area contributed by atoms with Crippen LogP contribution in [0.25, 0.3) is 0 Å². The van der Waals surface area contributed by atoms with Gasteiger partial charge in [-0.25, -0.2) is 17.9 Å². The van der Waals surface area contributed by atoms with Crippen LogP contribution in [-0.4, -0.2) is 59.0 Å². The standard InChI is InChI=1S/C15H24N2O6S/c1-10(8-22-3)16-13-6-5-12(15(18)19)7-14(13)24(20,21)17-11(2)9-23-4/h5-7,10-11,16-17H,8-9H2,1-4H3,(H,18,19)/t10-,11-/m0/s1. The molecule has 136 valence electrons. The number of benzene rings is 1. The van der Waals surface area contributed by atoms with Gasteiger partial charge in [0, 0.05) is 26.3 Å². The van der Waals surface area contributed by atoms with Gasteiger partial charge in [0.1, 0.15) is 4.90 Å². The number of carboxylic acid groups (broad SMARTS) is 1. The number of carboxylic acids is 1. The summed E-state index contributed by atoms with van der Waals surface area (Å²) in [5, 5.41) is 12.1. The van der Waals surface area contributed by atoms with Crippen LogP contribution in [0.4, 0.5) is 5.69 Å². The number of methoxy groups -OCH3 is 2. The predicted molar refractivity (Wildman–Crippen MR) is 90.0 cm³/mol. The third kappa shape index (κ3) is 5.75. The van der Waals surface area contributed by atoms with Crippen LogP contribution in [0.3, 0.4) is 0 Å². The molecule has 1 aromatic carbocycles. The maximum atomic E-state index is 12.6. The second-order valence-electron chi connectivity index (χ2n) is 5.49. The van der Waals surface area contributed by atoms with Crippen LogP contribution in [0.1, 0.15) is 24.2 Å². The van der Waals surface area contributed by atoms with Gasteiger partial charge in [-0.1, -0.05) is 0 Å². The second-order valence-corrected chi connectivity index (χ2v) is 7.18. The molecule has 0 aromatic heterocycles. The van der Waals surface area contributed by atoms with Crippen molar-refractivity contribution in [3.63, 3.8) is 0 Å². The number of aromatic carboxylic acids is 1. The molecule has 0 heterocycles. The molecule has 0 spiro atoms. The van der Waals surface area contributed by atoms with E-state index in [4.69, 9.17) is 14.6 Å². The fourth-order valence-corrected chi connectivity index (χ4v) is 3.59. The highest BCUT2D eigenvalue weighted by atomic mass is 32.2. The molecule has 0 unspecified atom stereocenters. The maximum Gasteiger partial charge on any atom is 0.335 e. The van der Waals surface area contributed by atoms with Gasteiger partial charge in [0.25, 0.3) is 0 Å². The smallest absolute Gasteiger partial charge is 0.335 e. The molecule has 0 radical (unpaired) electrons. The van der Waals surface area contributed by atoms with E-state index in [1.165, 1.54) is 26.4 Å². The average Bonchev–Trinajstić information content (AvgIpc) is 2.47. The average molecular weight is 360 g/mol. The Hall–Kier alpha value is -1.68. The summed E-state index contributed by atoms with van der Waals surface area (Å²) >= 11 is 0. The highest BCUT2D eigenvalue weighted by Crippen LogP contribution is 2.24. The van der Waals surface area contributed by atoms with E-state index in [9.17, 15) is 13.2 Å². The van der Waals surface area contributed by atoms with Gasteiger partial charge in [0.2, 0.25) is 10.0 Å². The SMILES string of the molecule is COC[C@H](C)Nc1ccc(C(=O)O)cc1S(=O)(=O)N[C@@H](C)COC. The largest absolute Gasteiger partial charge is 0.478 e. The Kier molecular flexibility index (Phi) is 7.61. The van der Waals surface area contributed by atoms with Gasteiger partial charge < -0.3 is 19.9 Å². The number of anilines is 1. The van der Waals surface area contributed by atoms with Gasteiger partial charge in [0.05, 0.1) is 24.5 Å². The fourth-order valence-electron chi connectivity index (χ4n) is 2.17. The summed E-state index contributed by atoms with van der Waals surface area (Å²) in [4.78, 5) is 11.0.